The molecule has 0 amide bonds. The van der Waals surface area contributed by atoms with E-state index in [-0.39, 0.29) is 10.8 Å². The maximum atomic E-state index is 2.34. The molecule has 2 aromatic rings. The average molecular weight is 363 g/mol. The Labute approximate surface area is 168 Å². The Hall–Kier alpha value is -3.12. The smallest absolute Gasteiger partial charge is 0.0162 e. The maximum absolute atomic E-state index is 2.34. The van der Waals surface area contributed by atoms with Crippen LogP contribution < -0.4 is 0 Å². The minimum absolute atomic E-state index is 0.118. The molecule has 0 saturated heterocycles. The van der Waals surface area contributed by atoms with Gasteiger partial charge in [-0.2, -0.15) is 0 Å². The van der Waals surface area contributed by atoms with E-state index in [0.717, 1.165) is 0 Å². The Balaban J connectivity index is 1.64. The van der Waals surface area contributed by atoms with Crippen LogP contribution in [0.4, 0.5) is 0 Å². The molecular weight excluding hydrogens is 336 g/mol. The van der Waals surface area contributed by atoms with Crippen molar-refractivity contribution < 1.29 is 0 Å². The molecule has 2 atom stereocenters. The summed E-state index contributed by atoms with van der Waals surface area (Å²) in [7, 11) is 0. The molecule has 0 aliphatic heterocycles. The second-order valence-electron chi connectivity index (χ2n) is 7.93. The van der Waals surface area contributed by atoms with Crippen molar-refractivity contribution >= 4 is 11.1 Å². The number of benzene rings is 2. The summed E-state index contributed by atoms with van der Waals surface area (Å²) in [4.78, 5) is 0. The first-order chi connectivity index (χ1) is 13.6. The molecule has 2 unspecified atom stereocenters. The van der Waals surface area contributed by atoms with Gasteiger partial charge in [0.1, 0.15) is 0 Å². The Morgan fingerprint density at radius 2 is 0.893 bits per heavy atom. The zero-order valence-electron chi connectivity index (χ0n) is 16.5. The molecule has 0 fully saturated rings. The van der Waals surface area contributed by atoms with E-state index >= 15 is 0 Å². The van der Waals surface area contributed by atoms with Crippen molar-refractivity contribution in [3.05, 3.63) is 133 Å². The summed E-state index contributed by atoms with van der Waals surface area (Å²) in [6.45, 7) is 4.62. The van der Waals surface area contributed by atoms with Gasteiger partial charge in [0.15, 0.2) is 0 Å². The summed E-state index contributed by atoms with van der Waals surface area (Å²) in [5.74, 6) is 0. The molecule has 0 saturated carbocycles. The summed E-state index contributed by atoms with van der Waals surface area (Å²) in [6, 6.07) is 21.1. The first-order valence-corrected chi connectivity index (χ1v) is 9.88. The van der Waals surface area contributed by atoms with Gasteiger partial charge in [0.2, 0.25) is 0 Å². The van der Waals surface area contributed by atoms with Gasteiger partial charge in [-0.15, -0.1) is 0 Å². The first-order valence-electron chi connectivity index (χ1n) is 9.88. The highest BCUT2D eigenvalue weighted by Gasteiger charge is 2.37. The van der Waals surface area contributed by atoms with Gasteiger partial charge in [0.25, 0.3) is 0 Å². The molecule has 4 rings (SSSR count). The summed E-state index contributed by atoms with van der Waals surface area (Å²) < 4.78 is 0. The molecule has 0 heterocycles. The van der Waals surface area contributed by atoms with Crippen LogP contribution in [-0.4, -0.2) is 0 Å². The third-order valence-corrected chi connectivity index (χ3v) is 6.03. The molecule has 0 heteroatoms. The quantitative estimate of drug-likeness (QED) is 0.533. The van der Waals surface area contributed by atoms with Crippen molar-refractivity contribution in [2.24, 2.45) is 10.8 Å². The molecule has 0 aromatic heterocycles. The van der Waals surface area contributed by atoms with Gasteiger partial charge >= 0.3 is 0 Å². The minimum atomic E-state index is -0.118. The zero-order valence-corrected chi connectivity index (χ0v) is 16.5. The Bertz CT molecular complexity index is 927. The fourth-order valence-corrected chi connectivity index (χ4v) is 3.82. The second-order valence-corrected chi connectivity index (χ2v) is 7.93. The fraction of sp³-hybridized carbons (Fsp3) is 0.143. The molecule has 2 aliphatic carbocycles. The van der Waals surface area contributed by atoms with E-state index in [1.165, 1.54) is 22.3 Å². The third-order valence-electron chi connectivity index (χ3n) is 6.03. The van der Waals surface area contributed by atoms with E-state index in [9.17, 15) is 0 Å². The largest absolute Gasteiger partial charge is 0.0736 e. The molecule has 0 spiro atoms. The van der Waals surface area contributed by atoms with Gasteiger partial charge in [-0.1, -0.05) is 135 Å². The Kier molecular flexibility index (Phi) is 4.88. The summed E-state index contributed by atoms with van der Waals surface area (Å²) in [5, 5.41) is 0. The van der Waals surface area contributed by atoms with Crippen molar-refractivity contribution in [1.82, 2.24) is 0 Å². The predicted molar refractivity (Wildman–Crippen MR) is 122 cm³/mol. The van der Waals surface area contributed by atoms with Gasteiger partial charge in [-0.05, 0) is 22.3 Å². The van der Waals surface area contributed by atoms with Gasteiger partial charge in [0, 0.05) is 10.8 Å². The lowest BCUT2D eigenvalue weighted by Crippen LogP contribution is -2.31. The highest BCUT2D eigenvalue weighted by Crippen LogP contribution is 2.47. The first kappa shape index (κ1) is 18.3. The third kappa shape index (κ3) is 3.51. The predicted octanol–water partition coefficient (Wildman–Crippen LogP) is 7.42. The van der Waals surface area contributed by atoms with Gasteiger partial charge < -0.3 is 0 Å². The van der Waals surface area contributed by atoms with E-state index in [4.69, 9.17) is 0 Å². The summed E-state index contributed by atoms with van der Waals surface area (Å²) >= 11 is 0. The van der Waals surface area contributed by atoms with Crippen LogP contribution in [-0.2, 0) is 0 Å². The van der Waals surface area contributed by atoms with Gasteiger partial charge in [0.05, 0.1) is 0 Å². The number of hydrogen-bond acceptors (Lipinski definition) is 0. The lowest BCUT2D eigenvalue weighted by atomic mass is 9.65. The normalized spacial score (nSPS) is 26.4. The second kappa shape index (κ2) is 7.48. The highest BCUT2D eigenvalue weighted by molar-refractivity contribution is 5.77. The molecule has 0 nitrogen and oxygen atoms in total. The topological polar surface area (TPSA) is 0 Å². The Morgan fingerprint density at radius 3 is 1.29 bits per heavy atom. The van der Waals surface area contributed by atoms with E-state index in [1.54, 1.807) is 0 Å². The minimum Gasteiger partial charge on any atom is -0.0736 e. The van der Waals surface area contributed by atoms with Crippen LogP contribution in [0.15, 0.2) is 121 Å². The number of allylic oxidation sites excluding steroid dienone is 12. The number of rotatable bonds is 3. The van der Waals surface area contributed by atoms with Crippen molar-refractivity contribution in [1.29, 1.82) is 0 Å². The van der Waals surface area contributed by atoms with Crippen LogP contribution in [0.25, 0.3) is 11.1 Å². The Morgan fingerprint density at radius 1 is 0.500 bits per heavy atom. The SMILES string of the molecule is CC1(C2(C)C=CC=C(c3ccccc3)C=C2)C=CC=C(c2ccccc2)C=C1. The standard InChI is InChI=1S/C28H26/c1-27(19-9-15-25(17-21-27)23-11-5-3-6-12-23)28(2)20-10-16-26(18-22-28)24-13-7-4-8-14-24/h3-22H,1-2H3. The van der Waals surface area contributed by atoms with Crippen LogP contribution in [0.5, 0.6) is 0 Å². The van der Waals surface area contributed by atoms with Crippen molar-refractivity contribution in [3.8, 4) is 0 Å². The van der Waals surface area contributed by atoms with Crippen molar-refractivity contribution in [2.45, 2.75) is 13.8 Å². The van der Waals surface area contributed by atoms with E-state index in [2.05, 4.69) is 135 Å². The van der Waals surface area contributed by atoms with Crippen LogP contribution in [0, 0.1) is 10.8 Å². The molecule has 0 radical (unpaired) electrons. The zero-order chi connectivity index (χ0) is 19.5. The lowest BCUT2D eigenvalue weighted by molar-refractivity contribution is 0.317. The molecule has 28 heavy (non-hydrogen) atoms. The van der Waals surface area contributed by atoms with Crippen LogP contribution in [0.3, 0.4) is 0 Å². The van der Waals surface area contributed by atoms with Gasteiger partial charge in [-0.25, -0.2) is 0 Å². The molecule has 138 valence electrons. The molecule has 2 aliphatic rings. The summed E-state index contributed by atoms with van der Waals surface area (Å²) in [5.41, 5.74) is 4.75. The van der Waals surface area contributed by atoms with Crippen molar-refractivity contribution in [3.63, 3.8) is 0 Å². The lowest BCUT2D eigenvalue weighted by Gasteiger charge is -2.38. The van der Waals surface area contributed by atoms with E-state index in [1.807, 2.05) is 0 Å². The molecule has 2 aromatic carbocycles. The van der Waals surface area contributed by atoms with Crippen LogP contribution in [0.2, 0.25) is 0 Å². The molecular formula is C28H26. The summed E-state index contributed by atoms with van der Waals surface area (Å²) in [6.07, 6.45) is 22.7. The highest BCUT2D eigenvalue weighted by atomic mass is 14.4. The fourth-order valence-electron chi connectivity index (χ4n) is 3.82. The van der Waals surface area contributed by atoms with Gasteiger partial charge in [-0.3, -0.25) is 0 Å². The van der Waals surface area contributed by atoms with E-state index in [0.29, 0.717) is 0 Å². The van der Waals surface area contributed by atoms with Crippen LogP contribution in [0.1, 0.15) is 25.0 Å². The monoisotopic (exact) mass is 362 g/mol. The molecule has 0 bridgehead atoms. The maximum Gasteiger partial charge on any atom is 0.0162 e. The van der Waals surface area contributed by atoms with Crippen molar-refractivity contribution in [2.75, 3.05) is 0 Å². The van der Waals surface area contributed by atoms with E-state index < -0.39 is 0 Å². The average Bonchev–Trinajstić information content (AvgIpc) is 3.07. The molecule has 0 N–H and O–H groups in total. The number of hydrogen-bond donors (Lipinski definition) is 0. The van der Waals surface area contributed by atoms with Crippen LogP contribution >= 0.6 is 0 Å².